The first kappa shape index (κ1) is 17.9. The number of nitrogens with one attached hydrogen (secondary N) is 1. The summed E-state index contributed by atoms with van der Waals surface area (Å²) in [4.78, 5) is 13.8. The van der Waals surface area contributed by atoms with Crippen LogP contribution in [0.5, 0.6) is 0 Å². The first-order valence-electron chi connectivity index (χ1n) is 6.99. The lowest BCUT2D eigenvalue weighted by atomic mass is 10.2. The molecule has 0 aliphatic heterocycles. The highest BCUT2D eigenvalue weighted by Crippen LogP contribution is 2.25. The number of halogens is 1. The molecule has 1 amide bonds. The molecular weight excluding hydrogens is 356 g/mol. The number of thiophene rings is 1. The third-order valence-electron chi connectivity index (χ3n) is 3.18. The van der Waals surface area contributed by atoms with Crippen molar-refractivity contribution in [1.82, 2.24) is 9.62 Å². The second-order valence-electron chi connectivity index (χ2n) is 4.78. The normalized spacial score (nSPS) is 11.4. The van der Waals surface area contributed by atoms with Crippen LogP contribution in [-0.2, 0) is 21.4 Å². The fourth-order valence-electron chi connectivity index (χ4n) is 1.96. The van der Waals surface area contributed by atoms with E-state index in [0.717, 1.165) is 16.9 Å². The van der Waals surface area contributed by atoms with Crippen molar-refractivity contribution < 1.29 is 13.2 Å². The molecule has 0 saturated heterocycles. The molecule has 0 unspecified atom stereocenters. The van der Waals surface area contributed by atoms with Crippen LogP contribution in [0.2, 0.25) is 4.34 Å². The number of amides is 1. The standard InChI is InChI=1S/C15H17ClN2O3S2/c1-2-18(11-12-6-4-3-5-7-12)14(19)10-17-23(20,21)15-9-8-13(16)22-15/h3-9,17H,2,10-11H2,1H3. The molecule has 23 heavy (non-hydrogen) atoms. The van der Waals surface area contributed by atoms with Gasteiger partial charge in [-0.15, -0.1) is 11.3 Å². The maximum Gasteiger partial charge on any atom is 0.250 e. The Morgan fingerprint density at radius 1 is 1.22 bits per heavy atom. The molecule has 124 valence electrons. The molecule has 8 heteroatoms. The molecule has 0 atom stereocenters. The summed E-state index contributed by atoms with van der Waals surface area (Å²) >= 11 is 6.70. The Labute approximate surface area is 144 Å². The van der Waals surface area contributed by atoms with Crippen molar-refractivity contribution in [2.75, 3.05) is 13.1 Å². The molecule has 1 aromatic carbocycles. The predicted octanol–water partition coefficient (Wildman–Crippen LogP) is 2.73. The van der Waals surface area contributed by atoms with E-state index in [1.807, 2.05) is 37.3 Å². The van der Waals surface area contributed by atoms with Crippen molar-refractivity contribution in [3.63, 3.8) is 0 Å². The molecule has 0 spiro atoms. The summed E-state index contributed by atoms with van der Waals surface area (Å²) in [6.45, 7) is 2.52. The van der Waals surface area contributed by atoms with Gasteiger partial charge < -0.3 is 4.90 Å². The van der Waals surface area contributed by atoms with Crippen LogP contribution in [0.25, 0.3) is 0 Å². The average molecular weight is 373 g/mol. The van der Waals surface area contributed by atoms with Gasteiger partial charge in [-0.1, -0.05) is 41.9 Å². The minimum atomic E-state index is -3.71. The van der Waals surface area contributed by atoms with Gasteiger partial charge in [0.2, 0.25) is 5.91 Å². The first-order valence-corrected chi connectivity index (χ1v) is 9.67. The van der Waals surface area contributed by atoms with Crippen LogP contribution in [-0.4, -0.2) is 32.3 Å². The number of carbonyl (C=O) groups excluding carboxylic acids is 1. The van der Waals surface area contributed by atoms with Crippen LogP contribution < -0.4 is 4.72 Å². The minimum absolute atomic E-state index is 0.0985. The zero-order chi connectivity index (χ0) is 16.9. The molecule has 0 fully saturated rings. The van der Waals surface area contributed by atoms with Gasteiger partial charge in [-0.05, 0) is 24.6 Å². The fourth-order valence-corrected chi connectivity index (χ4v) is 4.46. The Morgan fingerprint density at radius 2 is 1.91 bits per heavy atom. The second-order valence-corrected chi connectivity index (χ2v) is 8.49. The third kappa shape index (κ3) is 5.04. The second kappa shape index (κ2) is 7.92. The van der Waals surface area contributed by atoms with E-state index in [-0.39, 0.29) is 16.7 Å². The fraction of sp³-hybridized carbons (Fsp3) is 0.267. The Balaban J connectivity index is 1.97. The molecule has 5 nitrogen and oxygen atoms in total. The maximum absolute atomic E-state index is 12.2. The van der Waals surface area contributed by atoms with Crippen LogP contribution in [0.4, 0.5) is 0 Å². The van der Waals surface area contributed by atoms with Crippen LogP contribution in [0.3, 0.4) is 0 Å². The summed E-state index contributed by atoms with van der Waals surface area (Å²) in [7, 11) is -3.71. The van der Waals surface area contributed by atoms with Crippen molar-refractivity contribution in [3.8, 4) is 0 Å². The Kier molecular flexibility index (Phi) is 6.17. The summed E-state index contributed by atoms with van der Waals surface area (Å²) in [6, 6.07) is 12.5. The number of benzene rings is 1. The number of hydrogen-bond donors (Lipinski definition) is 1. The summed E-state index contributed by atoms with van der Waals surface area (Å²) in [5.74, 6) is -0.275. The highest BCUT2D eigenvalue weighted by Gasteiger charge is 2.20. The van der Waals surface area contributed by atoms with Gasteiger partial charge in [-0.3, -0.25) is 4.79 Å². The Hall–Kier alpha value is -1.41. The molecule has 2 aromatic rings. The number of hydrogen-bond acceptors (Lipinski definition) is 4. The highest BCUT2D eigenvalue weighted by atomic mass is 35.5. The molecule has 0 bridgehead atoms. The smallest absolute Gasteiger partial charge is 0.250 e. The van der Waals surface area contributed by atoms with Crippen LogP contribution in [0.15, 0.2) is 46.7 Å². The van der Waals surface area contributed by atoms with Crippen LogP contribution in [0.1, 0.15) is 12.5 Å². The van der Waals surface area contributed by atoms with E-state index in [0.29, 0.717) is 17.4 Å². The van der Waals surface area contributed by atoms with Crippen molar-refractivity contribution in [3.05, 3.63) is 52.4 Å². The molecule has 0 aliphatic carbocycles. The van der Waals surface area contributed by atoms with E-state index < -0.39 is 10.0 Å². The van der Waals surface area contributed by atoms with Gasteiger partial charge in [-0.25, -0.2) is 13.1 Å². The van der Waals surface area contributed by atoms with E-state index in [4.69, 9.17) is 11.6 Å². The molecule has 0 radical (unpaired) electrons. The van der Waals surface area contributed by atoms with Gasteiger partial charge in [0.25, 0.3) is 10.0 Å². The molecule has 0 aliphatic rings. The van der Waals surface area contributed by atoms with Gasteiger partial charge in [0.1, 0.15) is 4.21 Å². The first-order chi connectivity index (χ1) is 10.9. The van der Waals surface area contributed by atoms with E-state index in [1.54, 1.807) is 4.90 Å². The lowest BCUT2D eigenvalue weighted by Gasteiger charge is -2.21. The zero-order valence-corrected chi connectivity index (χ0v) is 14.9. The molecular formula is C15H17ClN2O3S2. The Morgan fingerprint density at radius 3 is 2.48 bits per heavy atom. The van der Waals surface area contributed by atoms with Crippen molar-refractivity contribution in [1.29, 1.82) is 0 Å². The minimum Gasteiger partial charge on any atom is -0.338 e. The lowest BCUT2D eigenvalue weighted by Crippen LogP contribution is -2.39. The van der Waals surface area contributed by atoms with Gasteiger partial charge in [0, 0.05) is 13.1 Å². The largest absolute Gasteiger partial charge is 0.338 e. The van der Waals surface area contributed by atoms with Crippen molar-refractivity contribution in [2.24, 2.45) is 0 Å². The molecule has 1 N–H and O–H groups in total. The quantitative estimate of drug-likeness (QED) is 0.812. The SMILES string of the molecule is CCN(Cc1ccccc1)C(=O)CNS(=O)(=O)c1ccc(Cl)s1. The monoisotopic (exact) mass is 372 g/mol. The van der Waals surface area contributed by atoms with Gasteiger partial charge in [0.15, 0.2) is 0 Å². The Bertz CT molecular complexity index is 760. The number of carbonyl (C=O) groups is 1. The zero-order valence-electron chi connectivity index (χ0n) is 12.5. The predicted molar refractivity (Wildman–Crippen MR) is 92.1 cm³/mol. The third-order valence-corrected chi connectivity index (χ3v) is 6.30. The number of rotatable bonds is 7. The van der Waals surface area contributed by atoms with Gasteiger partial charge >= 0.3 is 0 Å². The van der Waals surface area contributed by atoms with Gasteiger partial charge in [-0.2, -0.15) is 0 Å². The highest BCUT2D eigenvalue weighted by molar-refractivity contribution is 7.91. The molecule has 2 rings (SSSR count). The molecule has 1 aromatic heterocycles. The number of sulfonamides is 1. The average Bonchev–Trinajstić information content (AvgIpc) is 2.99. The lowest BCUT2D eigenvalue weighted by molar-refractivity contribution is -0.130. The summed E-state index contributed by atoms with van der Waals surface area (Å²) in [5.41, 5.74) is 0.996. The topological polar surface area (TPSA) is 66.5 Å². The van der Waals surface area contributed by atoms with Crippen LogP contribution >= 0.6 is 22.9 Å². The summed E-state index contributed by atoms with van der Waals surface area (Å²) in [5, 5.41) is 0. The van der Waals surface area contributed by atoms with E-state index in [1.165, 1.54) is 12.1 Å². The summed E-state index contributed by atoms with van der Waals surface area (Å²) < 4.78 is 27.0. The molecule has 1 heterocycles. The maximum atomic E-state index is 12.2. The van der Waals surface area contributed by atoms with Crippen molar-refractivity contribution >= 4 is 38.9 Å². The molecule has 0 saturated carbocycles. The van der Waals surface area contributed by atoms with E-state index in [9.17, 15) is 13.2 Å². The van der Waals surface area contributed by atoms with Crippen molar-refractivity contribution in [2.45, 2.75) is 17.7 Å². The summed E-state index contributed by atoms with van der Waals surface area (Å²) in [6.07, 6.45) is 0. The van der Waals surface area contributed by atoms with Gasteiger partial charge in [0.05, 0.1) is 10.9 Å². The number of likely N-dealkylation sites (N-methyl/N-ethyl adjacent to an activating group) is 1. The van der Waals surface area contributed by atoms with E-state index >= 15 is 0 Å². The van der Waals surface area contributed by atoms with E-state index in [2.05, 4.69) is 4.72 Å². The van der Waals surface area contributed by atoms with Crippen LogP contribution in [0, 0.1) is 0 Å². The number of nitrogens with zero attached hydrogens (tertiary/aromatic N) is 1.